The molecule has 11 heteroatoms. The number of quaternary nitrogens is 1. The lowest BCUT2D eigenvalue weighted by atomic mass is 9.86. The summed E-state index contributed by atoms with van der Waals surface area (Å²) in [5.74, 6) is -0.526. The van der Waals surface area contributed by atoms with E-state index in [9.17, 15) is 23.1 Å². The number of esters is 1. The second-order valence-corrected chi connectivity index (χ2v) is 12.0. The van der Waals surface area contributed by atoms with Gasteiger partial charge in [0.25, 0.3) is 5.56 Å². The van der Waals surface area contributed by atoms with E-state index in [2.05, 4.69) is 0 Å². The molecular formula is C25H28N3O7S+. The fraction of sp³-hybridized carbons (Fsp3) is 0.400. The zero-order valence-corrected chi connectivity index (χ0v) is 21.6. The summed E-state index contributed by atoms with van der Waals surface area (Å²) >= 11 is 0. The van der Waals surface area contributed by atoms with Gasteiger partial charge in [-0.25, -0.2) is 9.78 Å². The first-order valence-corrected chi connectivity index (χ1v) is 13.4. The van der Waals surface area contributed by atoms with Gasteiger partial charge in [-0.05, 0) is 30.7 Å². The van der Waals surface area contributed by atoms with Crippen LogP contribution in [0, 0.1) is 0 Å². The van der Waals surface area contributed by atoms with Gasteiger partial charge in [0, 0.05) is 16.5 Å². The molecule has 1 N–H and O–H groups in total. The molecule has 5 rings (SSSR count). The van der Waals surface area contributed by atoms with Crippen molar-refractivity contribution >= 4 is 27.0 Å². The Morgan fingerprint density at radius 2 is 1.94 bits per heavy atom. The van der Waals surface area contributed by atoms with Crippen LogP contribution in [0.4, 0.5) is 0 Å². The van der Waals surface area contributed by atoms with Gasteiger partial charge >= 0.3 is 16.1 Å². The lowest BCUT2D eigenvalue weighted by Crippen LogP contribution is -2.44. The van der Waals surface area contributed by atoms with Crippen molar-refractivity contribution in [2.45, 2.75) is 38.6 Å². The Balaban J connectivity index is 1.74. The third kappa shape index (κ3) is 3.87. The highest BCUT2D eigenvalue weighted by atomic mass is 32.2. The van der Waals surface area contributed by atoms with Gasteiger partial charge in [-0.15, -0.1) is 0 Å². The van der Waals surface area contributed by atoms with Crippen LogP contribution in [-0.2, 0) is 44.9 Å². The van der Waals surface area contributed by atoms with Gasteiger partial charge in [0.15, 0.2) is 11.4 Å². The molecule has 2 aliphatic rings. The summed E-state index contributed by atoms with van der Waals surface area (Å²) in [5.41, 5.74) is 1.46. The molecule has 0 spiro atoms. The highest BCUT2D eigenvalue weighted by molar-refractivity contribution is 7.86. The summed E-state index contributed by atoms with van der Waals surface area (Å²) in [6.45, 7) is 2.19. The molecule has 2 aliphatic heterocycles. The van der Waals surface area contributed by atoms with Crippen molar-refractivity contribution < 1.29 is 31.7 Å². The number of aliphatic hydroxyl groups is 1. The molecule has 0 unspecified atom stereocenters. The number of aromatic nitrogens is 2. The second-order valence-electron chi connectivity index (χ2n) is 10.4. The Kier molecular flexibility index (Phi) is 5.33. The van der Waals surface area contributed by atoms with E-state index >= 15 is 0 Å². The quantitative estimate of drug-likeness (QED) is 0.242. The zero-order chi connectivity index (χ0) is 26.2. The summed E-state index contributed by atoms with van der Waals surface area (Å²) in [6.07, 6.45) is 1.07. The molecule has 0 fully saturated rings. The number of nitrogens with zero attached hydrogens (tertiary/aromatic N) is 3. The predicted molar refractivity (Wildman–Crippen MR) is 132 cm³/mol. The van der Waals surface area contributed by atoms with Crippen molar-refractivity contribution in [1.82, 2.24) is 9.55 Å². The van der Waals surface area contributed by atoms with Crippen LogP contribution in [0.5, 0.6) is 5.75 Å². The Hall–Kier alpha value is -3.28. The predicted octanol–water partition coefficient (Wildman–Crippen LogP) is 1.62. The number of rotatable bonds is 5. The molecule has 0 amide bonds. The number of pyridine rings is 2. The molecule has 190 valence electrons. The number of ether oxygens (including phenoxy) is 1. The molecule has 3 aromatic rings. The van der Waals surface area contributed by atoms with Crippen molar-refractivity contribution in [1.29, 1.82) is 0 Å². The van der Waals surface area contributed by atoms with E-state index in [4.69, 9.17) is 13.9 Å². The Morgan fingerprint density at radius 1 is 1.22 bits per heavy atom. The van der Waals surface area contributed by atoms with E-state index in [1.54, 1.807) is 29.7 Å². The summed E-state index contributed by atoms with van der Waals surface area (Å²) < 4.78 is 36.4. The van der Waals surface area contributed by atoms with E-state index < -0.39 is 21.7 Å². The van der Waals surface area contributed by atoms with Crippen LogP contribution in [0.3, 0.4) is 0 Å². The number of hydrogen-bond acceptors (Lipinski definition) is 8. The summed E-state index contributed by atoms with van der Waals surface area (Å²) in [7, 11) is 2.22. The summed E-state index contributed by atoms with van der Waals surface area (Å²) in [5, 5.41) is 11.8. The molecule has 0 saturated carbocycles. The van der Waals surface area contributed by atoms with Gasteiger partial charge in [0.2, 0.25) is 0 Å². The average Bonchev–Trinajstić information content (AvgIpc) is 3.13. The maximum atomic E-state index is 13.4. The highest BCUT2D eigenvalue weighted by Gasteiger charge is 2.45. The minimum atomic E-state index is -3.75. The van der Waals surface area contributed by atoms with Crippen LogP contribution in [0.15, 0.2) is 29.1 Å². The van der Waals surface area contributed by atoms with Crippen LogP contribution in [0.1, 0.15) is 35.6 Å². The maximum absolute atomic E-state index is 13.4. The second kappa shape index (κ2) is 7.86. The lowest BCUT2D eigenvalue weighted by molar-refractivity contribution is -0.883. The molecule has 0 radical (unpaired) electrons. The van der Waals surface area contributed by atoms with Gasteiger partial charge in [-0.1, -0.05) is 6.92 Å². The standard InChI is InChI=1S/C25H28N3O7S/c1-6-25(31)18-10-20-22-14(11-27(20)23(29)17(18)13-34-24(25)30)9-15-16(12-28(2,3)4)21(35-36(5,32)33)8-7-19(15)26-22/h7-10,31H,6,11-13H2,1-5H3/q+1/t25-/m0/s1. The topological polar surface area (TPSA) is 125 Å². The molecule has 0 aliphatic carbocycles. The lowest BCUT2D eigenvalue weighted by Gasteiger charge is -2.31. The van der Waals surface area contributed by atoms with Gasteiger partial charge in [0.1, 0.15) is 13.2 Å². The molecule has 0 bridgehead atoms. The first-order valence-electron chi connectivity index (χ1n) is 11.5. The summed E-state index contributed by atoms with van der Waals surface area (Å²) in [4.78, 5) is 30.6. The summed E-state index contributed by atoms with van der Waals surface area (Å²) in [6, 6.07) is 6.86. The Morgan fingerprint density at radius 3 is 2.58 bits per heavy atom. The van der Waals surface area contributed by atoms with Gasteiger partial charge in [-0.3, -0.25) is 4.79 Å². The van der Waals surface area contributed by atoms with Crippen molar-refractivity contribution in [3.8, 4) is 17.1 Å². The normalized spacial score (nSPS) is 19.0. The largest absolute Gasteiger partial charge is 0.458 e. The number of carbonyl (C=O) groups excluding carboxylic acids is 1. The molecule has 10 nitrogen and oxygen atoms in total. The molecule has 2 aromatic heterocycles. The van der Waals surface area contributed by atoms with E-state index in [1.165, 1.54) is 0 Å². The van der Waals surface area contributed by atoms with E-state index in [0.717, 1.165) is 17.2 Å². The fourth-order valence-electron chi connectivity index (χ4n) is 4.97. The number of cyclic esters (lactones) is 1. The third-order valence-corrected chi connectivity index (χ3v) is 7.12. The number of carbonyl (C=O) groups is 1. The Labute approximate surface area is 208 Å². The maximum Gasteiger partial charge on any atom is 0.343 e. The van der Waals surface area contributed by atoms with Crippen molar-refractivity contribution in [3.63, 3.8) is 0 Å². The van der Waals surface area contributed by atoms with Crippen LogP contribution in [0.2, 0.25) is 0 Å². The van der Waals surface area contributed by atoms with Crippen LogP contribution < -0.4 is 9.74 Å². The third-order valence-electron chi connectivity index (χ3n) is 6.63. The van der Waals surface area contributed by atoms with E-state index in [1.807, 2.05) is 27.2 Å². The van der Waals surface area contributed by atoms with Crippen LogP contribution in [-0.4, -0.2) is 60.9 Å². The molecule has 0 saturated heterocycles. The smallest absolute Gasteiger partial charge is 0.343 e. The van der Waals surface area contributed by atoms with Crippen molar-refractivity contribution in [2.24, 2.45) is 0 Å². The number of benzene rings is 1. The number of fused-ring (bicyclic) bond motifs is 5. The van der Waals surface area contributed by atoms with Gasteiger partial charge in [0.05, 0.1) is 62.0 Å². The molecular weight excluding hydrogens is 486 g/mol. The first-order chi connectivity index (χ1) is 16.7. The molecule has 1 aromatic carbocycles. The van der Waals surface area contributed by atoms with E-state index in [0.29, 0.717) is 33.5 Å². The minimum absolute atomic E-state index is 0.0667. The molecule has 1 atom stereocenters. The van der Waals surface area contributed by atoms with E-state index in [-0.39, 0.29) is 42.0 Å². The zero-order valence-electron chi connectivity index (χ0n) is 20.8. The van der Waals surface area contributed by atoms with Crippen molar-refractivity contribution in [2.75, 3.05) is 27.4 Å². The van der Waals surface area contributed by atoms with Gasteiger partial charge < -0.3 is 23.1 Å². The minimum Gasteiger partial charge on any atom is -0.458 e. The highest BCUT2D eigenvalue weighted by Crippen LogP contribution is 2.40. The van der Waals surface area contributed by atoms with Crippen LogP contribution >= 0.6 is 0 Å². The average molecular weight is 515 g/mol. The van der Waals surface area contributed by atoms with Crippen molar-refractivity contribution in [3.05, 3.63) is 56.9 Å². The Bertz CT molecular complexity index is 1620. The molecule has 4 heterocycles. The SMILES string of the molecule is CC[C@@]1(O)C(=O)OCc2c1cc1n(c2=O)Cc2cc3c(C[N+](C)(C)C)c(OS(C)(=O)=O)ccc3nc2-1. The first kappa shape index (κ1) is 24.4. The fourth-order valence-corrected chi connectivity index (χ4v) is 5.45. The molecule has 36 heavy (non-hydrogen) atoms. The monoisotopic (exact) mass is 514 g/mol. The number of hydrogen-bond donors (Lipinski definition) is 1. The van der Waals surface area contributed by atoms with Crippen LogP contribution in [0.25, 0.3) is 22.3 Å². The van der Waals surface area contributed by atoms with Gasteiger partial charge in [-0.2, -0.15) is 8.42 Å².